The number of rotatable bonds is 2. The highest BCUT2D eigenvalue weighted by molar-refractivity contribution is 9.10. The average Bonchev–Trinajstić information content (AvgIpc) is 2.17. The molecule has 0 aliphatic carbocycles. The zero-order valence-corrected chi connectivity index (χ0v) is 9.11. The highest BCUT2D eigenvalue weighted by Crippen LogP contribution is 2.26. The van der Waals surface area contributed by atoms with E-state index in [-0.39, 0.29) is 27.3 Å². The van der Waals surface area contributed by atoms with Crippen molar-refractivity contribution in [2.75, 3.05) is 0 Å². The van der Waals surface area contributed by atoms with Gasteiger partial charge in [-0.05, 0) is 27.6 Å². The molecule has 0 N–H and O–H groups in total. The highest BCUT2D eigenvalue weighted by atomic mass is 79.9. The smallest absolute Gasteiger partial charge is 0.238 e. The lowest BCUT2D eigenvalue weighted by atomic mass is 10.1. The van der Waals surface area contributed by atoms with E-state index in [1.165, 1.54) is 6.07 Å². The molecule has 0 fully saturated rings. The van der Waals surface area contributed by atoms with Crippen LogP contribution in [-0.2, 0) is 5.88 Å². The summed E-state index contributed by atoms with van der Waals surface area (Å²) < 4.78 is 24.9. The van der Waals surface area contributed by atoms with Crippen molar-refractivity contribution in [3.8, 4) is 6.07 Å². The first kappa shape index (κ1) is 11.3. The summed E-state index contributed by atoms with van der Waals surface area (Å²) in [6, 6.07) is 3.13. The van der Waals surface area contributed by atoms with Crippen LogP contribution in [0, 0.1) is 11.3 Å². The van der Waals surface area contributed by atoms with E-state index >= 15 is 0 Å². The Balaban J connectivity index is 3.33. The van der Waals surface area contributed by atoms with Gasteiger partial charge in [-0.2, -0.15) is 5.26 Å². The molecule has 6 heteroatoms. The van der Waals surface area contributed by atoms with E-state index in [0.29, 0.717) is 0 Å². The summed E-state index contributed by atoms with van der Waals surface area (Å²) in [6.45, 7) is 0. The standard InChI is InChI=1S/C8H4BrClF2N2/c9-7-5(3-13)1-4(2-10)6(14-7)8(11)12/h1,8H,2H2. The van der Waals surface area contributed by atoms with Gasteiger partial charge >= 0.3 is 0 Å². The molecule has 0 spiro atoms. The predicted octanol–water partition coefficient (Wildman–Crippen LogP) is 3.39. The zero-order chi connectivity index (χ0) is 10.7. The van der Waals surface area contributed by atoms with Crippen LogP contribution in [0.5, 0.6) is 0 Å². The van der Waals surface area contributed by atoms with E-state index in [4.69, 9.17) is 16.9 Å². The van der Waals surface area contributed by atoms with Gasteiger partial charge in [-0.15, -0.1) is 11.6 Å². The fraction of sp³-hybridized carbons (Fsp3) is 0.250. The fourth-order valence-electron chi connectivity index (χ4n) is 0.920. The highest BCUT2D eigenvalue weighted by Gasteiger charge is 2.17. The van der Waals surface area contributed by atoms with Gasteiger partial charge < -0.3 is 0 Å². The minimum Gasteiger partial charge on any atom is -0.238 e. The van der Waals surface area contributed by atoms with Crippen molar-refractivity contribution in [2.24, 2.45) is 0 Å². The van der Waals surface area contributed by atoms with E-state index < -0.39 is 6.43 Å². The third kappa shape index (κ3) is 2.20. The molecule has 0 aliphatic rings. The zero-order valence-electron chi connectivity index (χ0n) is 6.77. The van der Waals surface area contributed by atoms with Crippen LogP contribution >= 0.6 is 27.5 Å². The second-order valence-electron chi connectivity index (χ2n) is 2.42. The second kappa shape index (κ2) is 4.67. The van der Waals surface area contributed by atoms with E-state index in [1.54, 1.807) is 0 Å². The van der Waals surface area contributed by atoms with Gasteiger partial charge in [0.2, 0.25) is 0 Å². The van der Waals surface area contributed by atoms with Gasteiger partial charge in [0.05, 0.1) is 5.56 Å². The summed E-state index contributed by atoms with van der Waals surface area (Å²) in [5.41, 5.74) is -0.00246. The Morgan fingerprint density at radius 3 is 2.71 bits per heavy atom. The molecule has 1 heterocycles. The molecule has 0 aromatic carbocycles. The Hall–Kier alpha value is -0.730. The molecule has 0 bridgehead atoms. The quantitative estimate of drug-likeness (QED) is 0.615. The summed E-state index contributed by atoms with van der Waals surface area (Å²) in [4.78, 5) is 3.57. The Morgan fingerprint density at radius 1 is 1.64 bits per heavy atom. The maximum absolute atomic E-state index is 12.4. The lowest BCUT2D eigenvalue weighted by Crippen LogP contribution is -1.99. The third-order valence-electron chi connectivity index (χ3n) is 1.56. The lowest BCUT2D eigenvalue weighted by molar-refractivity contribution is 0.145. The van der Waals surface area contributed by atoms with E-state index in [2.05, 4.69) is 20.9 Å². The number of aromatic nitrogens is 1. The molecule has 1 aromatic heterocycles. The van der Waals surface area contributed by atoms with Gasteiger partial charge in [-0.1, -0.05) is 0 Å². The molecular weight excluding hydrogens is 277 g/mol. The van der Waals surface area contributed by atoms with Crippen molar-refractivity contribution in [2.45, 2.75) is 12.3 Å². The minimum absolute atomic E-state index is 0.0887. The Labute approximate surface area is 92.6 Å². The Morgan fingerprint density at radius 2 is 2.29 bits per heavy atom. The van der Waals surface area contributed by atoms with Gasteiger partial charge in [0.1, 0.15) is 16.4 Å². The molecule has 2 nitrogen and oxygen atoms in total. The van der Waals surface area contributed by atoms with Gasteiger partial charge in [-0.3, -0.25) is 0 Å². The van der Waals surface area contributed by atoms with Gasteiger partial charge in [0, 0.05) is 5.88 Å². The number of hydrogen-bond acceptors (Lipinski definition) is 2. The van der Waals surface area contributed by atoms with Crippen molar-refractivity contribution in [1.29, 1.82) is 5.26 Å². The summed E-state index contributed by atoms with van der Waals surface area (Å²) in [5, 5.41) is 8.62. The van der Waals surface area contributed by atoms with Gasteiger partial charge in [0.15, 0.2) is 0 Å². The number of pyridine rings is 1. The van der Waals surface area contributed by atoms with Crippen LogP contribution in [0.4, 0.5) is 8.78 Å². The van der Waals surface area contributed by atoms with Crippen molar-refractivity contribution >= 4 is 27.5 Å². The number of nitrogens with zero attached hydrogens (tertiary/aromatic N) is 2. The van der Waals surface area contributed by atoms with Gasteiger partial charge in [-0.25, -0.2) is 13.8 Å². The van der Waals surface area contributed by atoms with Gasteiger partial charge in [0.25, 0.3) is 6.43 Å². The SMILES string of the molecule is N#Cc1cc(CCl)c(C(F)F)nc1Br. The molecule has 0 atom stereocenters. The van der Waals surface area contributed by atoms with Crippen molar-refractivity contribution in [3.05, 3.63) is 27.5 Å². The largest absolute Gasteiger partial charge is 0.280 e. The molecular formula is C8H4BrClF2N2. The molecule has 0 unspecified atom stereocenters. The summed E-state index contributed by atoms with van der Waals surface area (Å²) in [5.74, 6) is -0.0887. The van der Waals surface area contributed by atoms with Crippen LogP contribution < -0.4 is 0 Å². The number of nitriles is 1. The van der Waals surface area contributed by atoms with E-state index in [0.717, 1.165) is 0 Å². The second-order valence-corrected chi connectivity index (χ2v) is 3.44. The molecule has 0 aliphatic heterocycles. The van der Waals surface area contributed by atoms with E-state index in [9.17, 15) is 8.78 Å². The number of alkyl halides is 3. The predicted molar refractivity (Wildman–Crippen MR) is 51.2 cm³/mol. The summed E-state index contributed by atoms with van der Waals surface area (Å²) >= 11 is 8.39. The maximum atomic E-state index is 12.4. The molecule has 1 rings (SSSR count). The molecule has 0 radical (unpaired) electrons. The third-order valence-corrected chi connectivity index (χ3v) is 2.45. The number of halogens is 4. The molecule has 0 saturated heterocycles. The summed E-state index contributed by atoms with van der Waals surface area (Å²) in [7, 11) is 0. The first-order chi connectivity index (χ1) is 6.60. The van der Waals surface area contributed by atoms with Crippen LogP contribution in [0.3, 0.4) is 0 Å². The van der Waals surface area contributed by atoms with Crippen molar-refractivity contribution in [1.82, 2.24) is 4.98 Å². The Kier molecular flexibility index (Phi) is 3.78. The topological polar surface area (TPSA) is 36.7 Å². The molecule has 0 saturated carbocycles. The van der Waals surface area contributed by atoms with E-state index in [1.807, 2.05) is 6.07 Å². The molecule has 0 amide bonds. The Bertz CT molecular complexity index is 390. The van der Waals surface area contributed by atoms with Crippen molar-refractivity contribution < 1.29 is 8.78 Å². The maximum Gasteiger partial charge on any atom is 0.280 e. The van der Waals surface area contributed by atoms with Crippen LogP contribution in [0.25, 0.3) is 0 Å². The molecule has 1 aromatic rings. The normalized spacial score (nSPS) is 10.3. The number of hydrogen-bond donors (Lipinski definition) is 0. The van der Waals surface area contributed by atoms with Crippen molar-refractivity contribution in [3.63, 3.8) is 0 Å². The van der Waals surface area contributed by atoms with Crippen LogP contribution in [0.2, 0.25) is 0 Å². The lowest BCUT2D eigenvalue weighted by Gasteiger charge is -2.06. The fourth-order valence-corrected chi connectivity index (χ4v) is 1.53. The summed E-state index contributed by atoms with van der Waals surface area (Å²) in [6.07, 6.45) is -2.69. The monoisotopic (exact) mass is 280 g/mol. The molecule has 14 heavy (non-hydrogen) atoms. The van der Waals surface area contributed by atoms with Crippen LogP contribution in [0.1, 0.15) is 23.2 Å². The van der Waals surface area contributed by atoms with Crippen LogP contribution in [0.15, 0.2) is 10.7 Å². The molecule has 74 valence electrons. The average molecular weight is 281 g/mol. The minimum atomic E-state index is -2.69. The first-order valence-electron chi connectivity index (χ1n) is 3.53. The first-order valence-corrected chi connectivity index (χ1v) is 4.86. The van der Waals surface area contributed by atoms with Crippen LogP contribution in [-0.4, -0.2) is 4.98 Å².